The van der Waals surface area contributed by atoms with Crippen LogP contribution in [-0.2, 0) is 5.41 Å². The highest BCUT2D eigenvalue weighted by Crippen LogP contribution is 2.41. The fourth-order valence-electron chi connectivity index (χ4n) is 6.87. The number of ether oxygens (including phenoxy) is 1. The van der Waals surface area contributed by atoms with Crippen molar-refractivity contribution in [2.45, 2.75) is 18.8 Å². The summed E-state index contributed by atoms with van der Waals surface area (Å²) >= 11 is 0. The molecule has 40 heavy (non-hydrogen) atoms. The molecule has 0 fully saturated rings. The van der Waals surface area contributed by atoms with Crippen molar-refractivity contribution in [1.82, 2.24) is 4.57 Å². The Bertz CT molecular complexity index is 2300. The van der Waals surface area contributed by atoms with Crippen LogP contribution in [0.2, 0.25) is 0 Å². The second-order valence-corrected chi connectivity index (χ2v) is 11.2. The van der Waals surface area contributed by atoms with Crippen molar-refractivity contribution in [3.8, 4) is 22.6 Å². The molecule has 1 atom stereocenters. The van der Waals surface area contributed by atoms with Crippen LogP contribution in [0, 0.1) is 0 Å². The third-order valence-electron chi connectivity index (χ3n) is 8.75. The lowest BCUT2D eigenvalue weighted by Gasteiger charge is -2.32. The smallest absolute Gasteiger partial charge is 0.151 e. The SMILES string of the molecule is CC1(c2cccc(-c3cccc4c3oc3ccccc34)c2)C=c2c3n(c4ccccc24)-c2ccccc2OC=3C1. The monoisotopic (exact) mass is 515 g/mol. The normalized spacial score (nSPS) is 17.5. The molecule has 0 saturated carbocycles. The minimum Gasteiger partial charge on any atom is -0.457 e. The molecular weight excluding hydrogens is 490 g/mol. The lowest BCUT2D eigenvalue weighted by molar-refractivity contribution is 0.438. The van der Waals surface area contributed by atoms with E-state index in [2.05, 4.69) is 115 Å². The van der Waals surface area contributed by atoms with Gasteiger partial charge in [-0.3, -0.25) is 0 Å². The number of aromatic nitrogens is 1. The highest BCUT2D eigenvalue weighted by Gasteiger charge is 2.34. The van der Waals surface area contributed by atoms with Crippen LogP contribution >= 0.6 is 0 Å². The van der Waals surface area contributed by atoms with Crippen LogP contribution in [0.3, 0.4) is 0 Å². The van der Waals surface area contributed by atoms with Gasteiger partial charge in [0.1, 0.15) is 16.9 Å². The number of rotatable bonds is 2. The molecule has 1 aliphatic heterocycles. The van der Waals surface area contributed by atoms with Gasteiger partial charge in [0.25, 0.3) is 0 Å². The summed E-state index contributed by atoms with van der Waals surface area (Å²) in [5, 5.41) is 5.98. The molecule has 0 amide bonds. The van der Waals surface area contributed by atoms with Gasteiger partial charge in [0.15, 0.2) is 5.75 Å². The average molecular weight is 516 g/mol. The maximum Gasteiger partial charge on any atom is 0.151 e. The van der Waals surface area contributed by atoms with Crippen molar-refractivity contribution in [1.29, 1.82) is 0 Å². The number of nitrogens with zero attached hydrogens (tertiary/aromatic N) is 1. The molecule has 3 heterocycles. The van der Waals surface area contributed by atoms with Crippen molar-refractivity contribution in [2.24, 2.45) is 0 Å². The van der Waals surface area contributed by atoms with Gasteiger partial charge in [-0.2, -0.15) is 0 Å². The fourth-order valence-corrected chi connectivity index (χ4v) is 6.87. The molecule has 0 N–H and O–H groups in total. The highest BCUT2D eigenvalue weighted by atomic mass is 16.5. The van der Waals surface area contributed by atoms with Crippen LogP contribution in [0.25, 0.3) is 61.5 Å². The second kappa shape index (κ2) is 7.77. The summed E-state index contributed by atoms with van der Waals surface area (Å²) in [5.74, 6) is 1.94. The van der Waals surface area contributed by atoms with E-state index in [0.29, 0.717) is 0 Å². The largest absolute Gasteiger partial charge is 0.457 e. The summed E-state index contributed by atoms with van der Waals surface area (Å²) in [4.78, 5) is 0. The average Bonchev–Trinajstić information content (AvgIpc) is 3.54. The van der Waals surface area contributed by atoms with E-state index < -0.39 is 0 Å². The molecule has 2 aliphatic rings. The van der Waals surface area contributed by atoms with Crippen LogP contribution < -0.4 is 15.3 Å². The maximum atomic E-state index is 6.65. The summed E-state index contributed by atoms with van der Waals surface area (Å²) in [6, 6.07) is 40.7. The minimum absolute atomic E-state index is 0.249. The summed E-state index contributed by atoms with van der Waals surface area (Å²) in [6.07, 6.45) is 3.24. The van der Waals surface area contributed by atoms with Gasteiger partial charge in [-0.05, 0) is 35.4 Å². The first-order valence-electron chi connectivity index (χ1n) is 13.8. The molecule has 0 bridgehead atoms. The second-order valence-electron chi connectivity index (χ2n) is 11.2. The molecule has 3 nitrogen and oxygen atoms in total. The van der Waals surface area contributed by atoms with Crippen molar-refractivity contribution in [3.05, 3.63) is 131 Å². The summed E-state index contributed by atoms with van der Waals surface area (Å²) in [7, 11) is 0. The minimum atomic E-state index is -0.249. The zero-order valence-electron chi connectivity index (χ0n) is 22.0. The lowest BCUT2D eigenvalue weighted by atomic mass is 9.75. The Hall–Kier alpha value is -5.02. The van der Waals surface area contributed by atoms with Crippen LogP contribution in [-0.4, -0.2) is 4.57 Å². The number of para-hydroxylation sites is 5. The maximum absolute atomic E-state index is 6.65. The van der Waals surface area contributed by atoms with Gasteiger partial charge in [0.2, 0.25) is 0 Å². The zero-order chi connectivity index (χ0) is 26.4. The van der Waals surface area contributed by atoms with Gasteiger partial charge in [-0.15, -0.1) is 0 Å². The summed E-state index contributed by atoms with van der Waals surface area (Å²) in [5.41, 5.74) is 7.45. The standard InChI is InChI=1S/C37H25NO2/c1-37(24-11-8-10-23(20-24)25-14-9-15-28-27-13-3-6-18-32(27)40-36(25)28)21-29-26-12-2-4-16-30(26)38-31-17-5-7-19-33(31)39-34(22-37)35(29)38/h2-21H,22H2,1H3. The number of hydrogen-bond acceptors (Lipinski definition) is 2. The summed E-state index contributed by atoms with van der Waals surface area (Å²) < 4.78 is 15.4. The molecule has 0 spiro atoms. The number of hydrogen-bond donors (Lipinski definition) is 0. The fraction of sp³-hybridized carbons (Fsp3) is 0.0811. The predicted molar refractivity (Wildman–Crippen MR) is 162 cm³/mol. The highest BCUT2D eigenvalue weighted by molar-refractivity contribution is 6.09. The first-order chi connectivity index (χ1) is 19.7. The van der Waals surface area contributed by atoms with E-state index in [1.807, 2.05) is 18.2 Å². The van der Waals surface area contributed by atoms with E-state index in [1.54, 1.807) is 0 Å². The molecule has 0 radical (unpaired) electrons. The molecule has 3 heteroatoms. The van der Waals surface area contributed by atoms with Crippen LogP contribution in [0.15, 0.2) is 120 Å². The molecule has 1 unspecified atom stereocenters. The van der Waals surface area contributed by atoms with Crippen LogP contribution in [0.5, 0.6) is 5.75 Å². The Balaban J connectivity index is 1.26. The Morgan fingerprint density at radius 1 is 0.725 bits per heavy atom. The van der Waals surface area contributed by atoms with Gasteiger partial charge >= 0.3 is 0 Å². The van der Waals surface area contributed by atoms with Crippen molar-refractivity contribution in [3.63, 3.8) is 0 Å². The van der Waals surface area contributed by atoms with Gasteiger partial charge in [0.05, 0.1) is 16.6 Å². The van der Waals surface area contributed by atoms with E-state index in [9.17, 15) is 0 Å². The van der Waals surface area contributed by atoms with Gasteiger partial charge < -0.3 is 13.7 Å². The third-order valence-corrected chi connectivity index (χ3v) is 8.75. The zero-order valence-corrected chi connectivity index (χ0v) is 22.0. The molecule has 5 aromatic carbocycles. The van der Waals surface area contributed by atoms with Gasteiger partial charge in [-0.25, -0.2) is 0 Å². The van der Waals surface area contributed by atoms with Gasteiger partial charge in [-0.1, -0.05) is 104 Å². The van der Waals surface area contributed by atoms with E-state index in [4.69, 9.17) is 9.15 Å². The van der Waals surface area contributed by atoms with Crippen LogP contribution in [0.4, 0.5) is 0 Å². The molecule has 0 saturated heterocycles. The van der Waals surface area contributed by atoms with Crippen molar-refractivity contribution >= 4 is 44.7 Å². The molecule has 9 rings (SSSR count). The summed E-state index contributed by atoms with van der Waals surface area (Å²) in [6.45, 7) is 2.33. The number of fused-ring (bicyclic) bond motifs is 8. The number of benzene rings is 5. The van der Waals surface area contributed by atoms with Gasteiger partial charge in [0, 0.05) is 38.8 Å². The van der Waals surface area contributed by atoms with Crippen molar-refractivity contribution < 1.29 is 9.15 Å². The molecule has 2 aromatic heterocycles. The molecule has 1 aliphatic carbocycles. The molecule has 190 valence electrons. The lowest BCUT2D eigenvalue weighted by Crippen LogP contribution is -2.42. The Morgan fingerprint density at radius 3 is 2.45 bits per heavy atom. The molecular formula is C37H25NO2. The van der Waals surface area contributed by atoms with Crippen molar-refractivity contribution in [2.75, 3.05) is 0 Å². The van der Waals surface area contributed by atoms with E-state index in [1.165, 1.54) is 27.0 Å². The Morgan fingerprint density at radius 2 is 1.50 bits per heavy atom. The Kier molecular flexibility index (Phi) is 4.25. The molecule has 7 aromatic rings. The third kappa shape index (κ3) is 2.89. The predicted octanol–water partition coefficient (Wildman–Crippen LogP) is 7.84. The first kappa shape index (κ1) is 21.9. The number of furan rings is 1. The van der Waals surface area contributed by atoms with E-state index in [-0.39, 0.29) is 5.41 Å². The van der Waals surface area contributed by atoms with Crippen LogP contribution in [0.1, 0.15) is 18.9 Å². The topological polar surface area (TPSA) is 27.3 Å². The van der Waals surface area contributed by atoms with E-state index in [0.717, 1.165) is 56.7 Å². The quantitative estimate of drug-likeness (QED) is 0.235. The first-order valence-corrected chi connectivity index (χ1v) is 13.8. The van der Waals surface area contributed by atoms with E-state index >= 15 is 0 Å². The Labute approximate surface area is 230 Å².